The van der Waals surface area contributed by atoms with Crippen molar-refractivity contribution < 1.29 is 0 Å². The van der Waals surface area contributed by atoms with E-state index in [0.717, 1.165) is 32.6 Å². The van der Waals surface area contributed by atoms with Crippen molar-refractivity contribution in [3.8, 4) is 0 Å². The molecule has 2 saturated heterocycles. The van der Waals surface area contributed by atoms with E-state index in [-0.39, 0.29) is 0 Å². The van der Waals surface area contributed by atoms with Crippen molar-refractivity contribution in [2.75, 3.05) is 44.7 Å². The maximum absolute atomic E-state index is 4.68. The molecular formula is C17H25N5. The highest BCUT2D eigenvalue weighted by Gasteiger charge is 2.22. The van der Waals surface area contributed by atoms with E-state index in [1.807, 2.05) is 6.20 Å². The molecular weight excluding hydrogens is 274 g/mol. The zero-order valence-electron chi connectivity index (χ0n) is 13.3. The van der Waals surface area contributed by atoms with Crippen LogP contribution in [0.5, 0.6) is 0 Å². The van der Waals surface area contributed by atoms with Gasteiger partial charge in [-0.25, -0.2) is 4.98 Å². The highest BCUT2D eigenvalue weighted by atomic mass is 15.2. The number of hydrogen-bond donors (Lipinski definition) is 1. The zero-order chi connectivity index (χ0) is 14.9. The molecule has 2 aliphatic rings. The molecule has 1 unspecified atom stereocenters. The predicted octanol–water partition coefficient (Wildman–Crippen LogP) is 1.38. The number of nitrogens with zero attached hydrogens (tertiary/aromatic N) is 4. The van der Waals surface area contributed by atoms with Crippen LogP contribution in [0.4, 0.5) is 5.69 Å². The summed E-state index contributed by atoms with van der Waals surface area (Å²) in [5.41, 5.74) is 2.53. The van der Waals surface area contributed by atoms with Gasteiger partial charge in [0.1, 0.15) is 5.82 Å². The van der Waals surface area contributed by atoms with Crippen molar-refractivity contribution in [2.45, 2.75) is 25.3 Å². The molecule has 2 aliphatic heterocycles. The molecule has 1 N–H and O–H groups in total. The molecule has 5 heteroatoms. The van der Waals surface area contributed by atoms with Crippen molar-refractivity contribution in [3.63, 3.8) is 0 Å². The normalized spacial score (nSPS) is 23.5. The number of likely N-dealkylation sites (N-methyl/N-ethyl adjacent to an activating group) is 1. The average molecular weight is 299 g/mol. The van der Waals surface area contributed by atoms with Crippen LogP contribution in [-0.2, 0) is 6.42 Å². The van der Waals surface area contributed by atoms with Crippen LogP contribution in [0.25, 0.3) is 5.52 Å². The lowest BCUT2D eigenvalue weighted by molar-refractivity contribution is 0.305. The van der Waals surface area contributed by atoms with Gasteiger partial charge in [0.15, 0.2) is 0 Å². The lowest BCUT2D eigenvalue weighted by Gasteiger charge is -2.29. The van der Waals surface area contributed by atoms with Gasteiger partial charge in [-0.3, -0.25) is 0 Å². The summed E-state index contributed by atoms with van der Waals surface area (Å²) >= 11 is 0. The summed E-state index contributed by atoms with van der Waals surface area (Å²) in [5.74, 6) is 1.20. The van der Waals surface area contributed by atoms with Crippen molar-refractivity contribution in [2.24, 2.45) is 0 Å². The summed E-state index contributed by atoms with van der Waals surface area (Å²) in [6, 6.07) is 5.17. The second kappa shape index (κ2) is 5.89. The molecule has 0 aliphatic carbocycles. The monoisotopic (exact) mass is 299 g/mol. The van der Waals surface area contributed by atoms with E-state index in [4.69, 9.17) is 0 Å². The third-order valence-corrected chi connectivity index (χ3v) is 5.16. The van der Waals surface area contributed by atoms with Crippen molar-refractivity contribution >= 4 is 11.2 Å². The molecule has 0 radical (unpaired) electrons. The van der Waals surface area contributed by atoms with Gasteiger partial charge >= 0.3 is 0 Å². The molecule has 2 fully saturated rings. The third kappa shape index (κ3) is 2.59. The molecule has 0 bridgehead atoms. The number of anilines is 1. The first-order chi connectivity index (χ1) is 10.8. The molecule has 0 aromatic carbocycles. The number of aromatic nitrogens is 2. The van der Waals surface area contributed by atoms with Gasteiger partial charge in [0.25, 0.3) is 0 Å². The molecule has 1 atom stereocenters. The molecule has 0 saturated carbocycles. The SMILES string of the molecule is CN1CCCC1Cc1ncc2cc(N3CCNCC3)ccn12. The van der Waals surface area contributed by atoms with E-state index in [1.165, 1.54) is 36.4 Å². The van der Waals surface area contributed by atoms with Crippen LogP contribution in [0.3, 0.4) is 0 Å². The minimum atomic E-state index is 0.651. The van der Waals surface area contributed by atoms with Crippen LogP contribution in [0.15, 0.2) is 24.5 Å². The maximum Gasteiger partial charge on any atom is 0.114 e. The fourth-order valence-corrected chi connectivity index (χ4v) is 3.76. The Bertz CT molecular complexity index is 644. The van der Waals surface area contributed by atoms with Crippen LogP contribution in [0.1, 0.15) is 18.7 Å². The molecule has 4 heterocycles. The van der Waals surface area contributed by atoms with Crippen LogP contribution in [0.2, 0.25) is 0 Å². The number of fused-ring (bicyclic) bond motifs is 1. The Morgan fingerprint density at radius 3 is 2.91 bits per heavy atom. The van der Waals surface area contributed by atoms with Gasteiger partial charge in [0.2, 0.25) is 0 Å². The summed E-state index contributed by atoms with van der Waals surface area (Å²) in [6.45, 7) is 5.54. The second-order valence-corrected chi connectivity index (χ2v) is 6.57. The van der Waals surface area contributed by atoms with Crippen molar-refractivity contribution in [1.29, 1.82) is 0 Å². The standard InChI is InChI=1S/C17H25N5/c1-20-7-2-3-14(20)12-17-19-13-16-11-15(4-8-22(16)17)21-9-5-18-6-10-21/h4,8,11,13-14,18H,2-3,5-7,9-10,12H2,1H3. The van der Waals surface area contributed by atoms with Crippen LogP contribution >= 0.6 is 0 Å². The highest BCUT2D eigenvalue weighted by Crippen LogP contribution is 2.22. The smallest absolute Gasteiger partial charge is 0.114 e. The highest BCUT2D eigenvalue weighted by molar-refractivity contribution is 5.59. The van der Waals surface area contributed by atoms with E-state index < -0.39 is 0 Å². The molecule has 2 aromatic heterocycles. The summed E-state index contributed by atoms with van der Waals surface area (Å²) in [4.78, 5) is 9.61. The second-order valence-electron chi connectivity index (χ2n) is 6.57. The summed E-state index contributed by atoms with van der Waals surface area (Å²) in [6.07, 6.45) is 7.89. The van der Waals surface area contributed by atoms with Gasteiger partial charge in [0.05, 0.1) is 11.7 Å². The number of pyridine rings is 1. The first-order valence-electron chi connectivity index (χ1n) is 8.43. The fraction of sp³-hybridized carbons (Fsp3) is 0.588. The number of likely N-dealkylation sites (tertiary alicyclic amines) is 1. The van der Waals surface area contributed by atoms with Crippen molar-refractivity contribution in [1.82, 2.24) is 19.6 Å². The summed E-state index contributed by atoms with van der Waals surface area (Å²) in [5, 5.41) is 3.41. The van der Waals surface area contributed by atoms with Crippen LogP contribution in [0, 0.1) is 0 Å². The zero-order valence-corrected chi connectivity index (χ0v) is 13.3. The maximum atomic E-state index is 4.68. The van der Waals surface area contributed by atoms with Gasteiger partial charge in [-0.1, -0.05) is 0 Å². The van der Waals surface area contributed by atoms with Gasteiger partial charge in [-0.15, -0.1) is 0 Å². The van der Waals surface area contributed by atoms with E-state index in [0.29, 0.717) is 6.04 Å². The first kappa shape index (κ1) is 14.0. The number of piperazine rings is 1. The Kier molecular flexibility index (Phi) is 3.76. The minimum Gasteiger partial charge on any atom is -0.369 e. The first-order valence-corrected chi connectivity index (χ1v) is 8.43. The Morgan fingerprint density at radius 1 is 1.27 bits per heavy atom. The Labute approximate surface area is 131 Å². The Balaban J connectivity index is 1.57. The molecule has 5 nitrogen and oxygen atoms in total. The lowest BCUT2D eigenvalue weighted by Crippen LogP contribution is -2.43. The minimum absolute atomic E-state index is 0.651. The molecule has 118 valence electrons. The predicted molar refractivity (Wildman–Crippen MR) is 89.6 cm³/mol. The lowest BCUT2D eigenvalue weighted by atomic mass is 10.1. The van der Waals surface area contributed by atoms with Gasteiger partial charge in [-0.2, -0.15) is 0 Å². The molecule has 22 heavy (non-hydrogen) atoms. The largest absolute Gasteiger partial charge is 0.369 e. The van der Waals surface area contributed by atoms with Gasteiger partial charge < -0.3 is 19.5 Å². The van der Waals surface area contributed by atoms with E-state index in [2.05, 4.69) is 49.9 Å². The van der Waals surface area contributed by atoms with E-state index in [9.17, 15) is 0 Å². The number of rotatable bonds is 3. The Morgan fingerprint density at radius 2 is 2.14 bits per heavy atom. The fourth-order valence-electron chi connectivity index (χ4n) is 3.76. The number of hydrogen-bond acceptors (Lipinski definition) is 4. The molecule has 0 amide bonds. The molecule has 4 rings (SSSR count). The summed E-state index contributed by atoms with van der Waals surface area (Å²) in [7, 11) is 2.23. The molecule has 0 spiro atoms. The van der Waals surface area contributed by atoms with Crippen LogP contribution in [-0.4, -0.2) is 60.1 Å². The van der Waals surface area contributed by atoms with E-state index in [1.54, 1.807) is 0 Å². The third-order valence-electron chi connectivity index (χ3n) is 5.16. The van der Waals surface area contributed by atoms with E-state index >= 15 is 0 Å². The quantitative estimate of drug-likeness (QED) is 0.929. The van der Waals surface area contributed by atoms with Gasteiger partial charge in [0, 0.05) is 50.5 Å². The van der Waals surface area contributed by atoms with Crippen molar-refractivity contribution in [3.05, 3.63) is 30.4 Å². The Hall–Kier alpha value is -1.59. The number of nitrogens with one attached hydrogen (secondary N) is 1. The average Bonchev–Trinajstić information content (AvgIpc) is 3.15. The summed E-state index contributed by atoms with van der Waals surface area (Å²) < 4.78 is 2.26. The topological polar surface area (TPSA) is 35.8 Å². The molecule has 2 aromatic rings. The van der Waals surface area contributed by atoms with Gasteiger partial charge in [-0.05, 0) is 38.6 Å². The van der Waals surface area contributed by atoms with Crippen LogP contribution < -0.4 is 10.2 Å². The number of imidazole rings is 1.